The highest BCUT2D eigenvalue weighted by molar-refractivity contribution is 5.77. The van der Waals surface area contributed by atoms with Gasteiger partial charge in [-0.05, 0) is 56.2 Å². The molecule has 2 N–H and O–H groups in total. The van der Waals surface area contributed by atoms with Gasteiger partial charge in [-0.2, -0.15) is 4.98 Å². The molecule has 0 radical (unpaired) electrons. The summed E-state index contributed by atoms with van der Waals surface area (Å²) >= 11 is 0. The van der Waals surface area contributed by atoms with Gasteiger partial charge in [0, 0.05) is 47.5 Å². The Morgan fingerprint density at radius 1 is 1.12 bits per heavy atom. The standard InChI is InChI=1S/C25H29N7O/c1-15(2)31-23(33)19-14-28-24(29-17-6-7-20-16(12-17)8-10-26-20)30-22(19)32(31)18-9-11-27-21(13-18)25(3,4)5/h6-7,9,11-15,26H,8,10H2,1-5H3,(H,28,29,30). The third-order valence-electron chi connectivity index (χ3n) is 5.94. The Hall–Kier alpha value is -3.68. The lowest BCUT2D eigenvalue weighted by atomic mass is 9.91. The Labute approximate surface area is 192 Å². The maximum Gasteiger partial charge on any atom is 0.278 e. The molecule has 1 aliphatic heterocycles. The van der Waals surface area contributed by atoms with E-state index >= 15 is 0 Å². The van der Waals surface area contributed by atoms with Crippen LogP contribution in [0.25, 0.3) is 16.7 Å². The summed E-state index contributed by atoms with van der Waals surface area (Å²) in [4.78, 5) is 27.0. The summed E-state index contributed by atoms with van der Waals surface area (Å²) < 4.78 is 3.62. The van der Waals surface area contributed by atoms with Crippen LogP contribution in [0.15, 0.2) is 47.5 Å². The minimum Gasteiger partial charge on any atom is -0.384 e. The van der Waals surface area contributed by atoms with Crippen LogP contribution >= 0.6 is 0 Å². The molecule has 170 valence electrons. The fraction of sp³-hybridized carbons (Fsp3) is 0.360. The quantitative estimate of drug-likeness (QED) is 0.480. The van der Waals surface area contributed by atoms with Crippen LogP contribution in [-0.2, 0) is 11.8 Å². The van der Waals surface area contributed by atoms with Crippen LogP contribution < -0.4 is 16.2 Å². The van der Waals surface area contributed by atoms with Crippen molar-refractivity contribution in [3.05, 3.63) is 64.3 Å². The molecule has 8 heteroatoms. The minimum atomic E-state index is -0.119. The summed E-state index contributed by atoms with van der Waals surface area (Å²) in [6, 6.07) is 10.1. The maximum atomic E-state index is 13.3. The number of hydrogen-bond acceptors (Lipinski definition) is 6. The van der Waals surface area contributed by atoms with Crippen LogP contribution in [0.4, 0.5) is 17.3 Å². The Kier molecular flexibility index (Phi) is 4.96. The fourth-order valence-corrected chi connectivity index (χ4v) is 4.25. The van der Waals surface area contributed by atoms with E-state index in [4.69, 9.17) is 4.98 Å². The lowest BCUT2D eigenvalue weighted by Gasteiger charge is -2.20. The van der Waals surface area contributed by atoms with Crippen LogP contribution in [0.5, 0.6) is 0 Å². The summed E-state index contributed by atoms with van der Waals surface area (Å²) in [6.07, 6.45) is 4.40. The van der Waals surface area contributed by atoms with E-state index in [1.54, 1.807) is 17.1 Å². The first-order valence-electron chi connectivity index (χ1n) is 11.3. The molecule has 0 spiro atoms. The fourth-order valence-electron chi connectivity index (χ4n) is 4.25. The van der Waals surface area contributed by atoms with Crippen LogP contribution in [0, 0.1) is 0 Å². The van der Waals surface area contributed by atoms with E-state index in [-0.39, 0.29) is 17.0 Å². The van der Waals surface area contributed by atoms with Crippen molar-refractivity contribution in [1.82, 2.24) is 24.3 Å². The molecule has 0 bridgehead atoms. The van der Waals surface area contributed by atoms with Gasteiger partial charge in [-0.15, -0.1) is 0 Å². The number of benzene rings is 1. The molecule has 0 aliphatic carbocycles. The van der Waals surface area contributed by atoms with Gasteiger partial charge >= 0.3 is 0 Å². The number of nitrogens with zero attached hydrogens (tertiary/aromatic N) is 5. The van der Waals surface area contributed by atoms with Crippen molar-refractivity contribution in [2.24, 2.45) is 0 Å². The topological polar surface area (TPSA) is 89.7 Å². The Morgan fingerprint density at radius 3 is 2.70 bits per heavy atom. The van der Waals surface area contributed by atoms with Crippen molar-refractivity contribution in [2.75, 3.05) is 17.2 Å². The monoisotopic (exact) mass is 443 g/mol. The van der Waals surface area contributed by atoms with Crippen molar-refractivity contribution in [1.29, 1.82) is 0 Å². The number of pyridine rings is 1. The highest BCUT2D eigenvalue weighted by atomic mass is 16.1. The molecule has 8 nitrogen and oxygen atoms in total. The second-order valence-electron chi connectivity index (χ2n) is 9.81. The molecule has 0 fully saturated rings. The number of anilines is 3. The third-order valence-corrected chi connectivity index (χ3v) is 5.94. The highest BCUT2D eigenvalue weighted by Crippen LogP contribution is 2.28. The zero-order chi connectivity index (χ0) is 23.3. The van der Waals surface area contributed by atoms with Crippen molar-refractivity contribution in [2.45, 2.75) is 52.5 Å². The second-order valence-corrected chi connectivity index (χ2v) is 9.81. The SMILES string of the molecule is CC(C)n1c(=O)c2cnc(Nc3ccc4c(c3)CCN4)nc2n1-c1ccnc(C(C)(C)C)c1. The molecule has 5 rings (SSSR count). The Balaban J connectivity index is 1.65. The molecule has 0 saturated carbocycles. The van der Waals surface area contributed by atoms with Gasteiger partial charge in [0.25, 0.3) is 5.56 Å². The first-order chi connectivity index (χ1) is 15.7. The van der Waals surface area contributed by atoms with Crippen LogP contribution in [0.3, 0.4) is 0 Å². The first-order valence-corrected chi connectivity index (χ1v) is 11.3. The molecule has 3 aromatic heterocycles. The molecule has 4 aromatic rings. The van der Waals surface area contributed by atoms with Gasteiger partial charge in [0.2, 0.25) is 5.95 Å². The average molecular weight is 444 g/mol. The molecular formula is C25H29N7O. The summed E-state index contributed by atoms with van der Waals surface area (Å²) in [5, 5.41) is 7.17. The van der Waals surface area contributed by atoms with Crippen molar-refractivity contribution < 1.29 is 0 Å². The van der Waals surface area contributed by atoms with Gasteiger partial charge in [-0.25, -0.2) is 14.3 Å². The molecule has 33 heavy (non-hydrogen) atoms. The van der Waals surface area contributed by atoms with Gasteiger partial charge in [-0.1, -0.05) is 20.8 Å². The maximum absolute atomic E-state index is 13.3. The van der Waals surface area contributed by atoms with E-state index in [2.05, 4.69) is 53.5 Å². The van der Waals surface area contributed by atoms with Gasteiger partial charge in [0.05, 0.1) is 5.69 Å². The summed E-state index contributed by atoms with van der Waals surface area (Å²) in [7, 11) is 0. The molecule has 0 atom stereocenters. The third kappa shape index (κ3) is 3.75. The molecule has 0 amide bonds. The van der Waals surface area contributed by atoms with Crippen LogP contribution in [-0.4, -0.2) is 30.9 Å². The number of rotatable bonds is 4. The van der Waals surface area contributed by atoms with E-state index < -0.39 is 0 Å². The van der Waals surface area contributed by atoms with Crippen molar-refractivity contribution in [3.63, 3.8) is 0 Å². The van der Waals surface area contributed by atoms with Gasteiger partial charge in [0.15, 0.2) is 5.65 Å². The molecule has 1 aliphatic rings. The Bertz CT molecular complexity index is 1410. The zero-order valence-corrected chi connectivity index (χ0v) is 19.7. The lowest BCUT2D eigenvalue weighted by molar-refractivity contribution is 0.474. The van der Waals surface area contributed by atoms with E-state index in [0.717, 1.165) is 30.0 Å². The zero-order valence-electron chi connectivity index (χ0n) is 19.7. The largest absolute Gasteiger partial charge is 0.384 e. The number of nitrogens with one attached hydrogen (secondary N) is 2. The highest BCUT2D eigenvalue weighted by Gasteiger charge is 2.22. The normalized spacial score (nSPS) is 13.4. The average Bonchev–Trinajstić information content (AvgIpc) is 3.35. The summed E-state index contributed by atoms with van der Waals surface area (Å²) in [5.41, 5.74) is 5.51. The summed E-state index contributed by atoms with van der Waals surface area (Å²) in [5.74, 6) is 0.452. The Morgan fingerprint density at radius 2 is 1.94 bits per heavy atom. The first kappa shape index (κ1) is 21.2. The van der Waals surface area contributed by atoms with Gasteiger partial charge in [0.1, 0.15) is 5.39 Å². The van der Waals surface area contributed by atoms with Crippen LogP contribution in [0.2, 0.25) is 0 Å². The van der Waals surface area contributed by atoms with E-state index in [1.807, 2.05) is 36.7 Å². The van der Waals surface area contributed by atoms with Crippen LogP contribution in [0.1, 0.15) is 51.9 Å². The smallest absolute Gasteiger partial charge is 0.278 e. The molecule has 4 heterocycles. The molecule has 1 aromatic carbocycles. The molecular weight excluding hydrogens is 414 g/mol. The minimum absolute atomic E-state index is 0.0569. The predicted molar refractivity (Wildman–Crippen MR) is 132 cm³/mol. The summed E-state index contributed by atoms with van der Waals surface area (Å²) in [6.45, 7) is 11.3. The van der Waals surface area contributed by atoms with Crippen molar-refractivity contribution in [3.8, 4) is 5.69 Å². The van der Waals surface area contributed by atoms with Gasteiger partial charge < -0.3 is 10.6 Å². The second kappa shape index (κ2) is 7.72. The van der Waals surface area contributed by atoms with E-state index in [1.165, 1.54) is 11.3 Å². The molecule has 0 unspecified atom stereocenters. The van der Waals surface area contributed by atoms with Gasteiger partial charge in [-0.3, -0.25) is 9.78 Å². The lowest BCUT2D eigenvalue weighted by Crippen LogP contribution is -2.24. The predicted octanol–water partition coefficient (Wildman–Crippen LogP) is 4.57. The number of fused-ring (bicyclic) bond motifs is 2. The number of aromatic nitrogens is 5. The van der Waals surface area contributed by atoms with E-state index in [9.17, 15) is 4.79 Å². The van der Waals surface area contributed by atoms with E-state index in [0.29, 0.717) is 17.0 Å². The molecule has 0 saturated heterocycles. The number of hydrogen-bond donors (Lipinski definition) is 2. The van der Waals surface area contributed by atoms with Crippen molar-refractivity contribution >= 4 is 28.4 Å².